The molecular formula is C25H30N2O3S. The van der Waals surface area contributed by atoms with Gasteiger partial charge in [0.25, 0.3) is 0 Å². The summed E-state index contributed by atoms with van der Waals surface area (Å²) >= 11 is 1.56. The van der Waals surface area contributed by atoms with Gasteiger partial charge in [-0.3, -0.25) is 4.79 Å². The molecule has 0 bridgehead atoms. The van der Waals surface area contributed by atoms with E-state index < -0.39 is 0 Å². The molecule has 3 rings (SSSR count). The number of aryl methyl sites for hydroxylation is 2. The smallest absolute Gasteiger partial charge is 0.227 e. The molecule has 1 amide bonds. The second-order valence-electron chi connectivity index (χ2n) is 7.59. The molecule has 6 heteroatoms. The van der Waals surface area contributed by atoms with Crippen molar-refractivity contribution in [3.8, 4) is 5.75 Å². The summed E-state index contributed by atoms with van der Waals surface area (Å²) in [5.41, 5.74) is 4.37. The van der Waals surface area contributed by atoms with Gasteiger partial charge in [-0.1, -0.05) is 36.4 Å². The summed E-state index contributed by atoms with van der Waals surface area (Å²) < 4.78 is 11.1. The first-order chi connectivity index (χ1) is 15.0. The van der Waals surface area contributed by atoms with Crippen molar-refractivity contribution in [2.24, 2.45) is 0 Å². The van der Waals surface area contributed by atoms with E-state index in [1.54, 1.807) is 18.4 Å². The van der Waals surface area contributed by atoms with Crippen LogP contribution in [-0.4, -0.2) is 36.1 Å². The molecule has 0 radical (unpaired) electrons. The Hall–Kier alpha value is -2.70. The normalized spacial score (nSPS) is 10.8. The van der Waals surface area contributed by atoms with Gasteiger partial charge in [0.2, 0.25) is 5.91 Å². The highest BCUT2D eigenvalue weighted by Crippen LogP contribution is 2.19. The third-order valence-corrected chi connectivity index (χ3v) is 5.99. The molecule has 0 atom stereocenters. The predicted molar refractivity (Wildman–Crippen MR) is 124 cm³/mol. The number of carbonyl (C=O) groups is 1. The Balaban J connectivity index is 1.60. The molecule has 0 saturated carbocycles. The SMILES string of the molecule is COCCCN(Cc1csc(COc2ccc(C)c(C)c2)n1)C(=O)Cc1ccccc1. The monoisotopic (exact) mass is 438 g/mol. The Kier molecular flexibility index (Phi) is 8.62. The van der Waals surface area contributed by atoms with E-state index in [1.165, 1.54) is 11.1 Å². The standard InChI is InChI=1S/C25H30N2O3S/c1-19-10-11-23(14-20(19)2)30-17-24-26-22(18-31-24)16-27(12-7-13-29-3)25(28)15-21-8-5-4-6-9-21/h4-6,8-11,14,18H,7,12-13,15-17H2,1-3H3. The minimum Gasteiger partial charge on any atom is -0.486 e. The number of hydrogen-bond acceptors (Lipinski definition) is 5. The van der Waals surface area contributed by atoms with E-state index in [0.29, 0.717) is 32.7 Å². The summed E-state index contributed by atoms with van der Waals surface area (Å²) in [5, 5.41) is 2.92. The Morgan fingerprint density at radius 2 is 1.90 bits per heavy atom. The first kappa shape index (κ1) is 23.0. The fourth-order valence-electron chi connectivity index (χ4n) is 3.21. The van der Waals surface area contributed by atoms with Crippen LogP contribution in [0.15, 0.2) is 53.9 Å². The minimum atomic E-state index is 0.100. The molecule has 0 aliphatic carbocycles. The number of benzene rings is 2. The van der Waals surface area contributed by atoms with Crippen molar-refractivity contribution in [2.45, 2.75) is 39.8 Å². The van der Waals surface area contributed by atoms with Crippen molar-refractivity contribution in [2.75, 3.05) is 20.3 Å². The number of ether oxygens (including phenoxy) is 2. The van der Waals surface area contributed by atoms with Crippen LogP contribution in [0.25, 0.3) is 0 Å². The van der Waals surface area contributed by atoms with Gasteiger partial charge in [0.1, 0.15) is 17.4 Å². The molecule has 5 nitrogen and oxygen atoms in total. The van der Waals surface area contributed by atoms with Gasteiger partial charge in [-0.05, 0) is 49.1 Å². The Labute approximate surface area is 188 Å². The van der Waals surface area contributed by atoms with Gasteiger partial charge in [-0.15, -0.1) is 11.3 Å². The average molecular weight is 439 g/mol. The highest BCUT2D eigenvalue weighted by Gasteiger charge is 2.16. The van der Waals surface area contributed by atoms with Crippen LogP contribution in [0.4, 0.5) is 0 Å². The van der Waals surface area contributed by atoms with E-state index >= 15 is 0 Å². The van der Waals surface area contributed by atoms with Crippen LogP contribution in [0.2, 0.25) is 0 Å². The molecule has 0 fully saturated rings. The second kappa shape index (κ2) is 11.6. The van der Waals surface area contributed by atoms with Gasteiger partial charge in [-0.25, -0.2) is 4.98 Å². The van der Waals surface area contributed by atoms with Crippen molar-refractivity contribution in [3.05, 3.63) is 81.3 Å². The minimum absolute atomic E-state index is 0.100. The number of carbonyl (C=O) groups excluding carboxylic acids is 1. The molecular weight excluding hydrogens is 408 g/mol. The summed E-state index contributed by atoms with van der Waals surface area (Å²) in [7, 11) is 1.68. The van der Waals surface area contributed by atoms with Crippen LogP contribution < -0.4 is 4.74 Å². The Morgan fingerprint density at radius 3 is 2.65 bits per heavy atom. The molecule has 0 unspecified atom stereocenters. The number of methoxy groups -OCH3 is 1. The number of aromatic nitrogens is 1. The summed E-state index contributed by atoms with van der Waals surface area (Å²) in [6, 6.07) is 15.9. The molecule has 164 valence electrons. The lowest BCUT2D eigenvalue weighted by Gasteiger charge is -2.22. The molecule has 1 aromatic heterocycles. The zero-order valence-corrected chi connectivity index (χ0v) is 19.3. The lowest BCUT2D eigenvalue weighted by molar-refractivity contribution is -0.131. The molecule has 1 heterocycles. The highest BCUT2D eigenvalue weighted by atomic mass is 32.1. The Morgan fingerprint density at radius 1 is 1.10 bits per heavy atom. The fraction of sp³-hybridized carbons (Fsp3) is 0.360. The van der Waals surface area contributed by atoms with Gasteiger partial charge < -0.3 is 14.4 Å². The quantitative estimate of drug-likeness (QED) is 0.398. The molecule has 31 heavy (non-hydrogen) atoms. The van der Waals surface area contributed by atoms with Crippen LogP contribution in [0.1, 0.15) is 33.8 Å². The summed E-state index contributed by atoms with van der Waals surface area (Å²) in [6.07, 6.45) is 1.19. The average Bonchev–Trinajstić information content (AvgIpc) is 3.22. The molecule has 0 aliphatic rings. The molecule has 2 aromatic carbocycles. The lowest BCUT2D eigenvalue weighted by atomic mass is 10.1. The third kappa shape index (κ3) is 7.19. The fourth-order valence-corrected chi connectivity index (χ4v) is 3.90. The summed E-state index contributed by atoms with van der Waals surface area (Å²) in [5.74, 6) is 0.947. The van der Waals surface area contributed by atoms with E-state index in [-0.39, 0.29) is 5.91 Å². The van der Waals surface area contributed by atoms with Gasteiger partial charge in [0, 0.05) is 25.6 Å². The van der Waals surface area contributed by atoms with Crippen LogP contribution in [-0.2, 0) is 29.1 Å². The van der Waals surface area contributed by atoms with E-state index in [9.17, 15) is 4.79 Å². The largest absolute Gasteiger partial charge is 0.486 e. The van der Waals surface area contributed by atoms with E-state index in [2.05, 4.69) is 19.9 Å². The maximum atomic E-state index is 12.9. The molecule has 0 saturated heterocycles. The number of nitrogens with zero attached hydrogens (tertiary/aromatic N) is 2. The first-order valence-electron chi connectivity index (χ1n) is 10.5. The van der Waals surface area contributed by atoms with Crippen LogP contribution >= 0.6 is 11.3 Å². The van der Waals surface area contributed by atoms with E-state index in [0.717, 1.165) is 28.4 Å². The van der Waals surface area contributed by atoms with Crippen molar-refractivity contribution >= 4 is 17.2 Å². The summed E-state index contributed by atoms with van der Waals surface area (Å²) in [6.45, 7) is 6.36. The Bertz CT molecular complexity index is 972. The molecule has 0 N–H and O–H groups in total. The van der Waals surface area contributed by atoms with Gasteiger partial charge in [-0.2, -0.15) is 0 Å². The highest BCUT2D eigenvalue weighted by molar-refractivity contribution is 7.09. The van der Waals surface area contributed by atoms with E-state index in [4.69, 9.17) is 14.5 Å². The van der Waals surface area contributed by atoms with E-state index in [1.807, 2.05) is 52.7 Å². The maximum Gasteiger partial charge on any atom is 0.227 e. The number of rotatable bonds is 11. The van der Waals surface area contributed by atoms with Crippen LogP contribution in [0.5, 0.6) is 5.75 Å². The second-order valence-corrected chi connectivity index (χ2v) is 8.53. The topological polar surface area (TPSA) is 51.7 Å². The zero-order valence-electron chi connectivity index (χ0n) is 18.5. The van der Waals surface area contributed by atoms with Crippen LogP contribution in [0, 0.1) is 13.8 Å². The van der Waals surface area contributed by atoms with Gasteiger partial charge in [0.05, 0.1) is 18.7 Å². The maximum absolute atomic E-state index is 12.9. The van der Waals surface area contributed by atoms with Gasteiger partial charge >= 0.3 is 0 Å². The predicted octanol–water partition coefficient (Wildman–Crippen LogP) is 4.95. The number of hydrogen-bond donors (Lipinski definition) is 0. The third-order valence-electron chi connectivity index (χ3n) is 5.12. The summed E-state index contributed by atoms with van der Waals surface area (Å²) in [4.78, 5) is 19.5. The molecule has 3 aromatic rings. The van der Waals surface area contributed by atoms with Crippen molar-refractivity contribution < 1.29 is 14.3 Å². The van der Waals surface area contributed by atoms with Crippen molar-refractivity contribution in [1.29, 1.82) is 0 Å². The lowest BCUT2D eigenvalue weighted by Crippen LogP contribution is -2.33. The first-order valence-corrected chi connectivity index (χ1v) is 11.4. The van der Waals surface area contributed by atoms with Crippen molar-refractivity contribution in [3.63, 3.8) is 0 Å². The number of thiazole rings is 1. The molecule has 0 spiro atoms. The van der Waals surface area contributed by atoms with Crippen LogP contribution in [0.3, 0.4) is 0 Å². The number of amides is 1. The van der Waals surface area contributed by atoms with Crippen molar-refractivity contribution in [1.82, 2.24) is 9.88 Å². The van der Waals surface area contributed by atoms with Gasteiger partial charge in [0.15, 0.2) is 0 Å². The zero-order chi connectivity index (χ0) is 22.1. The molecule has 0 aliphatic heterocycles.